The SMILES string of the molecule is N#Cc1ccc(Oc2cnc3c(c2)CCC[C@H]3C2OC(=O)NC2=O)c2ccccc12. The fraction of sp³-hybridized carbons (Fsp3) is 0.217. The zero-order valence-electron chi connectivity index (χ0n) is 15.9. The van der Waals surface area contributed by atoms with E-state index in [0.717, 1.165) is 41.3 Å². The number of hydrogen-bond acceptors (Lipinski definition) is 6. The molecule has 7 nitrogen and oxygen atoms in total. The van der Waals surface area contributed by atoms with Crippen LogP contribution >= 0.6 is 0 Å². The average molecular weight is 399 g/mol. The number of carbonyl (C=O) groups excluding carboxylic acids is 2. The number of rotatable bonds is 3. The lowest BCUT2D eigenvalue weighted by Crippen LogP contribution is -2.32. The first kappa shape index (κ1) is 18.1. The smallest absolute Gasteiger partial charge is 0.414 e. The van der Waals surface area contributed by atoms with Crippen molar-refractivity contribution in [1.82, 2.24) is 10.3 Å². The first-order valence-electron chi connectivity index (χ1n) is 9.74. The van der Waals surface area contributed by atoms with E-state index < -0.39 is 18.1 Å². The Morgan fingerprint density at radius 1 is 1.17 bits per heavy atom. The second kappa shape index (κ2) is 7.16. The standard InChI is InChI=1S/C23H17N3O4/c24-11-14-8-9-19(17-6-2-1-5-16(14)17)29-15-10-13-4-3-7-18(20(13)25-12-15)21-22(27)26-23(28)30-21/h1-2,5-6,8-10,12,18,21H,3-4,7H2,(H,26,27,28)/t18-,21?/m1/s1. The van der Waals surface area contributed by atoms with E-state index in [1.54, 1.807) is 18.3 Å². The first-order valence-corrected chi connectivity index (χ1v) is 9.74. The molecule has 7 heteroatoms. The third kappa shape index (κ3) is 3.03. The molecule has 1 aromatic heterocycles. The topological polar surface area (TPSA) is 101 Å². The molecule has 1 fully saturated rings. The van der Waals surface area contributed by atoms with Gasteiger partial charge in [-0.05, 0) is 43.0 Å². The molecule has 0 bridgehead atoms. The van der Waals surface area contributed by atoms with E-state index in [-0.39, 0.29) is 5.92 Å². The molecule has 1 saturated heterocycles. The normalized spacial score (nSPS) is 20.2. The fourth-order valence-electron chi connectivity index (χ4n) is 4.25. The van der Waals surface area contributed by atoms with Crippen molar-refractivity contribution in [2.24, 2.45) is 0 Å². The molecule has 1 aliphatic heterocycles. The van der Waals surface area contributed by atoms with Gasteiger partial charge >= 0.3 is 6.09 Å². The van der Waals surface area contributed by atoms with Crippen molar-refractivity contribution < 1.29 is 19.1 Å². The van der Waals surface area contributed by atoms with E-state index in [1.165, 1.54) is 0 Å². The van der Waals surface area contributed by atoms with Gasteiger partial charge in [0.25, 0.3) is 5.91 Å². The molecule has 0 spiro atoms. The molecule has 5 rings (SSSR count). The van der Waals surface area contributed by atoms with Gasteiger partial charge in [0.2, 0.25) is 0 Å². The van der Waals surface area contributed by atoms with Crippen LogP contribution in [0.3, 0.4) is 0 Å². The van der Waals surface area contributed by atoms with Gasteiger partial charge in [-0.3, -0.25) is 15.1 Å². The Morgan fingerprint density at radius 2 is 2.00 bits per heavy atom. The largest absolute Gasteiger partial charge is 0.455 e. The number of nitrogens with one attached hydrogen (secondary N) is 1. The Balaban J connectivity index is 1.47. The minimum absolute atomic E-state index is 0.259. The van der Waals surface area contributed by atoms with Crippen molar-refractivity contribution in [3.63, 3.8) is 0 Å². The molecular formula is C23H17N3O4. The lowest BCUT2D eigenvalue weighted by Gasteiger charge is -2.26. The number of hydrogen-bond donors (Lipinski definition) is 1. The maximum Gasteiger partial charge on any atom is 0.414 e. The summed E-state index contributed by atoms with van der Waals surface area (Å²) in [4.78, 5) is 28.0. The van der Waals surface area contributed by atoms with Crippen LogP contribution in [-0.2, 0) is 16.0 Å². The van der Waals surface area contributed by atoms with Crippen molar-refractivity contribution in [2.75, 3.05) is 0 Å². The number of fused-ring (bicyclic) bond motifs is 2. The molecular weight excluding hydrogens is 382 g/mol. The second-order valence-corrected chi connectivity index (χ2v) is 7.40. The Kier molecular flexibility index (Phi) is 4.32. The van der Waals surface area contributed by atoms with Gasteiger partial charge in [-0.15, -0.1) is 0 Å². The van der Waals surface area contributed by atoms with Crippen LogP contribution in [0.4, 0.5) is 4.79 Å². The Labute approximate surface area is 172 Å². The lowest BCUT2D eigenvalue weighted by atomic mass is 9.83. The van der Waals surface area contributed by atoms with E-state index in [1.807, 2.05) is 30.3 Å². The number of nitriles is 1. The van der Waals surface area contributed by atoms with Crippen molar-refractivity contribution in [2.45, 2.75) is 31.3 Å². The third-order valence-corrected chi connectivity index (χ3v) is 5.60. The highest BCUT2D eigenvalue weighted by atomic mass is 16.6. The summed E-state index contributed by atoms with van der Waals surface area (Å²) < 4.78 is 11.3. The number of carbonyl (C=O) groups is 2. The van der Waals surface area contributed by atoms with Gasteiger partial charge in [-0.25, -0.2) is 4.79 Å². The maximum absolute atomic E-state index is 12.0. The number of imide groups is 1. The number of aryl methyl sites for hydroxylation is 1. The Bertz CT molecular complexity index is 1230. The molecule has 2 atom stereocenters. The molecule has 148 valence electrons. The fourth-order valence-corrected chi connectivity index (χ4v) is 4.25. The number of aromatic nitrogens is 1. The zero-order valence-corrected chi connectivity index (χ0v) is 15.9. The van der Waals surface area contributed by atoms with E-state index in [0.29, 0.717) is 17.1 Å². The van der Waals surface area contributed by atoms with Crippen LogP contribution in [0, 0.1) is 11.3 Å². The highest BCUT2D eigenvalue weighted by molar-refractivity contribution is 6.00. The molecule has 0 radical (unpaired) electrons. The summed E-state index contributed by atoms with van der Waals surface area (Å²) in [5.41, 5.74) is 2.35. The molecule has 2 aromatic carbocycles. The minimum atomic E-state index is -0.835. The highest BCUT2D eigenvalue weighted by Crippen LogP contribution is 2.38. The van der Waals surface area contributed by atoms with Gasteiger partial charge in [0.15, 0.2) is 6.10 Å². The molecule has 1 unspecified atom stereocenters. The van der Waals surface area contributed by atoms with E-state index in [4.69, 9.17) is 9.47 Å². The number of cyclic esters (lactones) is 1. The molecule has 2 aliphatic rings. The molecule has 2 heterocycles. The van der Waals surface area contributed by atoms with Crippen molar-refractivity contribution in [3.8, 4) is 17.6 Å². The maximum atomic E-state index is 12.0. The number of ether oxygens (including phenoxy) is 2. The summed E-state index contributed by atoms with van der Waals surface area (Å²) in [6, 6.07) is 15.3. The first-order chi connectivity index (χ1) is 14.6. The summed E-state index contributed by atoms with van der Waals surface area (Å²) in [5.74, 6) is 0.550. The van der Waals surface area contributed by atoms with E-state index in [2.05, 4.69) is 16.4 Å². The van der Waals surface area contributed by atoms with E-state index >= 15 is 0 Å². The van der Waals surface area contributed by atoms with Crippen LogP contribution in [0.2, 0.25) is 0 Å². The molecule has 1 aliphatic carbocycles. The second-order valence-electron chi connectivity index (χ2n) is 7.40. The molecule has 3 aromatic rings. The summed E-state index contributed by atoms with van der Waals surface area (Å²) in [5, 5.41) is 13.2. The highest BCUT2D eigenvalue weighted by Gasteiger charge is 2.41. The van der Waals surface area contributed by atoms with Gasteiger partial charge in [-0.2, -0.15) is 5.26 Å². The van der Waals surface area contributed by atoms with Crippen LogP contribution in [-0.4, -0.2) is 23.1 Å². The van der Waals surface area contributed by atoms with Crippen LogP contribution < -0.4 is 10.1 Å². The number of pyridine rings is 1. The molecule has 0 saturated carbocycles. The van der Waals surface area contributed by atoms with Crippen LogP contribution in [0.5, 0.6) is 11.5 Å². The Morgan fingerprint density at radius 3 is 2.77 bits per heavy atom. The molecule has 1 N–H and O–H groups in total. The summed E-state index contributed by atoms with van der Waals surface area (Å²) >= 11 is 0. The monoisotopic (exact) mass is 399 g/mol. The van der Waals surface area contributed by atoms with Gasteiger partial charge < -0.3 is 9.47 Å². The van der Waals surface area contributed by atoms with E-state index in [9.17, 15) is 14.9 Å². The average Bonchev–Trinajstić information content (AvgIpc) is 3.11. The van der Waals surface area contributed by atoms with Gasteiger partial charge in [0.05, 0.1) is 23.5 Å². The van der Waals surface area contributed by atoms with Crippen molar-refractivity contribution in [1.29, 1.82) is 5.26 Å². The summed E-state index contributed by atoms with van der Waals surface area (Å²) in [6.45, 7) is 0. The minimum Gasteiger partial charge on any atom is -0.455 e. The summed E-state index contributed by atoms with van der Waals surface area (Å²) in [6.07, 6.45) is 2.49. The number of amides is 2. The number of alkyl carbamates (subject to hydrolysis) is 1. The Hall–Kier alpha value is -3.92. The predicted molar refractivity (Wildman–Crippen MR) is 107 cm³/mol. The van der Waals surface area contributed by atoms with Gasteiger partial charge in [-0.1, -0.05) is 24.3 Å². The van der Waals surface area contributed by atoms with Crippen molar-refractivity contribution >= 4 is 22.8 Å². The van der Waals surface area contributed by atoms with Crippen LogP contribution in [0.15, 0.2) is 48.7 Å². The zero-order chi connectivity index (χ0) is 20.7. The quantitative estimate of drug-likeness (QED) is 0.715. The van der Waals surface area contributed by atoms with Crippen molar-refractivity contribution in [3.05, 3.63) is 65.5 Å². The number of nitrogens with zero attached hydrogens (tertiary/aromatic N) is 2. The van der Waals surface area contributed by atoms with Crippen LogP contribution in [0.1, 0.15) is 35.6 Å². The molecule has 30 heavy (non-hydrogen) atoms. The molecule has 2 amide bonds. The number of benzene rings is 2. The van der Waals surface area contributed by atoms with Gasteiger partial charge in [0, 0.05) is 16.7 Å². The van der Waals surface area contributed by atoms with Crippen LogP contribution in [0.25, 0.3) is 10.8 Å². The lowest BCUT2D eigenvalue weighted by molar-refractivity contribution is -0.124. The summed E-state index contributed by atoms with van der Waals surface area (Å²) in [7, 11) is 0. The predicted octanol–water partition coefficient (Wildman–Crippen LogP) is 3.95. The van der Waals surface area contributed by atoms with Gasteiger partial charge in [0.1, 0.15) is 11.5 Å². The third-order valence-electron chi connectivity index (χ3n) is 5.60.